The summed E-state index contributed by atoms with van der Waals surface area (Å²) in [5.74, 6) is 0. The van der Waals surface area contributed by atoms with Gasteiger partial charge in [0.05, 0.1) is 21.5 Å². The molecule has 0 bridgehead atoms. The van der Waals surface area contributed by atoms with E-state index in [1.165, 1.54) is 81.5 Å². The number of rotatable bonds is 7. The summed E-state index contributed by atoms with van der Waals surface area (Å²) in [5, 5.41) is 2.57. The van der Waals surface area contributed by atoms with Crippen LogP contribution in [0.5, 0.6) is 0 Å². The van der Waals surface area contributed by atoms with Crippen LogP contribution in [-0.4, -0.2) is 0 Å². The molecule has 1 aromatic heterocycles. The zero-order valence-corrected chi connectivity index (χ0v) is 32.0. The Balaban J connectivity index is 1.24. The first kappa shape index (κ1) is 33.3. The Kier molecular flexibility index (Phi) is 7.98. The van der Waals surface area contributed by atoms with Gasteiger partial charge in [-0.3, -0.25) is 0 Å². The lowest BCUT2D eigenvalue weighted by Crippen LogP contribution is -2.28. The lowest BCUT2D eigenvalue weighted by molar-refractivity contribution is 0.768. The molecule has 0 aliphatic heterocycles. The van der Waals surface area contributed by atoms with E-state index in [4.69, 9.17) is 0 Å². The van der Waals surface area contributed by atoms with Crippen LogP contribution in [0.15, 0.2) is 224 Å². The quantitative estimate of drug-likeness (QED) is 0.157. The molecule has 1 heterocycles. The molecule has 0 saturated heterocycles. The SMILES string of the molecule is c1ccc(-c2ccc(N(c3ccc4c(c3)C(c3ccccc3)(c3ccccc3)c3ccccc3-4)c3cccc4c3sc3ccccc34)c(-c3ccccc3)c2)cc1. The summed E-state index contributed by atoms with van der Waals surface area (Å²) in [6, 6.07) is 82.6. The number of nitrogens with zero attached hydrogens (tertiary/aromatic N) is 1. The van der Waals surface area contributed by atoms with E-state index in [0.717, 1.165) is 11.4 Å². The van der Waals surface area contributed by atoms with Crippen LogP contribution in [0.1, 0.15) is 22.3 Å². The highest BCUT2D eigenvalue weighted by atomic mass is 32.1. The van der Waals surface area contributed by atoms with Gasteiger partial charge >= 0.3 is 0 Å². The van der Waals surface area contributed by atoms with Crippen LogP contribution >= 0.6 is 11.3 Å². The molecule has 0 radical (unpaired) electrons. The van der Waals surface area contributed by atoms with Crippen LogP contribution in [0.3, 0.4) is 0 Å². The molecule has 0 spiro atoms. The second kappa shape index (κ2) is 13.6. The molecule has 2 heteroatoms. The lowest BCUT2D eigenvalue weighted by Gasteiger charge is -2.35. The maximum atomic E-state index is 2.53. The number of anilines is 3. The second-order valence-electron chi connectivity index (χ2n) is 14.8. The highest BCUT2D eigenvalue weighted by molar-refractivity contribution is 7.26. The van der Waals surface area contributed by atoms with Crippen molar-refractivity contribution in [3.8, 4) is 33.4 Å². The van der Waals surface area contributed by atoms with E-state index >= 15 is 0 Å². The smallest absolute Gasteiger partial charge is 0.0714 e. The fourth-order valence-electron chi connectivity index (χ4n) is 9.28. The van der Waals surface area contributed by atoms with E-state index < -0.39 is 5.41 Å². The van der Waals surface area contributed by atoms with Crippen molar-refractivity contribution in [2.45, 2.75) is 5.41 Å². The van der Waals surface area contributed by atoms with Gasteiger partial charge in [-0.1, -0.05) is 188 Å². The number of hydrogen-bond donors (Lipinski definition) is 0. The molecule has 268 valence electrons. The van der Waals surface area contributed by atoms with Crippen molar-refractivity contribution in [1.29, 1.82) is 0 Å². The van der Waals surface area contributed by atoms with E-state index in [2.05, 4.69) is 229 Å². The Labute approximate surface area is 337 Å². The van der Waals surface area contributed by atoms with E-state index in [9.17, 15) is 0 Å². The molecule has 10 aromatic rings. The van der Waals surface area contributed by atoms with E-state index in [1.807, 2.05) is 11.3 Å². The predicted octanol–water partition coefficient (Wildman–Crippen LogP) is 15.2. The summed E-state index contributed by atoms with van der Waals surface area (Å²) in [4.78, 5) is 2.53. The van der Waals surface area contributed by atoms with Gasteiger partial charge in [-0.15, -0.1) is 11.3 Å². The predicted molar refractivity (Wildman–Crippen MR) is 242 cm³/mol. The van der Waals surface area contributed by atoms with Crippen LogP contribution < -0.4 is 4.90 Å². The summed E-state index contributed by atoms with van der Waals surface area (Å²) in [6.45, 7) is 0. The van der Waals surface area contributed by atoms with E-state index in [1.54, 1.807) is 0 Å². The summed E-state index contributed by atoms with van der Waals surface area (Å²) in [6.07, 6.45) is 0. The molecule has 1 aliphatic carbocycles. The lowest BCUT2D eigenvalue weighted by atomic mass is 9.67. The molecule has 11 rings (SSSR count). The third-order valence-corrected chi connectivity index (χ3v) is 13.0. The number of hydrogen-bond acceptors (Lipinski definition) is 2. The van der Waals surface area contributed by atoms with Crippen molar-refractivity contribution < 1.29 is 0 Å². The zero-order valence-electron chi connectivity index (χ0n) is 31.2. The minimum atomic E-state index is -0.515. The first-order valence-electron chi connectivity index (χ1n) is 19.6. The average molecular weight is 744 g/mol. The van der Waals surface area contributed by atoms with Crippen molar-refractivity contribution in [2.75, 3.05) is 4.90 Å². The standard InChI is InChI=1S/C55H37NS/c1-5-18-38(19-6-1)40-32-35-51(48(36-40)39-20-7-2-8-21-39)56(52-30-17-28-47-46-27-14-16-31-53(46)57-54(47)52)43-33-34-45-44-26-13-15-29-49(44)55(50(45)37-43,41-22-9-3-10-23-41)42-24-11-4-12-25-42/h1-37H. The van der Waals surface area contributed by atoms with Crippen molar-refractivity contribution in [3.05, 3.63) is 247 Å². The molecule has 0 fully saturated rings. The maximum absolute atomic E-state index is 2.53. The van der Waals surface area contributed by atoms with Gasteiger partial charge in [0.1, 0.15) is 0 Å². The summed E-state index contributed by atoms with van der Waals surface area (Å²) < 4.78 is 2.56. The van der Waals surface area contributed by atoms with Gasteiger partial charge in [0.25, 0.3) is 0 Å². The first-order valence-corrected chi connectivity index (χ1v) is 20.4. The second-order valence-corrected chi connectivity index (χ2v) is 15.9. The molecule has 0 atom stereocenters. The average Bonchev–Trinajstić information content (AvgIpc) is 3.82. The number of benzene rings is 9. The van der Waals surface area contributed by atoms with Crippen molar-refractivity contribution in [1.82, 2.24) is 0 Å². The van der Waals surface area contributed by atoms with E-state index in [0.29, 0.717) is 0 Å². The van der Waals surface area contributed by atoms with E-state index in [-0.39, 0.29) is 0 Å². The third kappa shape index (κ3) is 5.29. The summed E-state index contributed by atoms with van der Waals surface area (Å²) in [7, 11) is 0. The topological polar surface area (TPSA) is 3.24 Å². The van der Waals surface area contributed by atoms with Gasteiger partial charge in [0, 0.05) is 26.7 Å². The van der Waals surface area contributed by atoms with Crippen LogP contribution in [0.4, 0.5) is 17.1 Å². The maximum Gasteiger partial charge on any atom is 0.0714 e. The Hall–Kier alpha value is -7.00. The van der Waals surface area contributed by atoms with Gasteiger partial charge in [0.2, 0.25) is 0 Å². The molecule has 0 amide bonds. The van der Waals surface area contributed by atoms with Crippen LogP contribution in [-0.2, 0) is 5.41 Å². The van der Waals surface area contributed by atoms with Gasteiger partial charge in [-0.2, -0.15) is 0 Å². The van der Waals surface area contributed by atoms with Crippen LogP contribution in [0.2, 0.25) is 0 Å². The minimum absolute atomic E-state index is 0.515. The first-order chi connectivity index (χ1) is 28.3. The molecule has 0 saturated carbocycles. The molecular weight excluding hydrogens is 707 g/mol. The number of thiophene rings is 1. The fourth-order valence-corrected chi connectivity index (χ4v) is 10.5. The Morgan fingerprint density at radius 3 is 1.68 bits per heavy atom. The fraction of sp³-hybridized carbons (Fsp3) is 0.0182. The Bertz CT molecular complexity index is 3020. The Morgan fingerprint density at radius 2 is 0.947 bits per heavy atom. The van der Waals surface area contributed by atoms with Gasteiger partial charge < -0.3 is 4.90 Å². The van der Waals surface area contributed by atoms with Gasteiger partial charge in [-0.25, -0.2) is 0 Å². The van der Waals surface area contributed by atoms with Crippen LogP contribution in [0, 0.1) is 0 Å². The largest absolute Gasteiger partial charge is 0.308 e. The molecule has 0 unspecified atom stereocenters. The third-order valence-electron chi connectivity index (χ3n) is 11.8. The normalized spacial score (nSPS) is 12.7. The zero-order chi connectivity index (χ0) is 37.8. The minimum Gasteiger partial charge on any atom is -0.308 e. The van der Waals surface area contributed by atoms with Crippen molar-refractivity contribution in [2.24, 2.45) is 0 Å². The molecule has 9 aromatic carbocycles. The number of fused-ring (bicyclic) bond motifs is 6. The molecule has 1 aliphatic rings. The molecule has 1 nitrogen and oxygen atoms in total. The van der Waals surface area contributed by atoms with Crippen LogP contribution in [0.25, 0.3) is 53.6 Å². The van der Waals surface area contributed by atoms with Crippen molar-refractivity contribution in [3.63, 3.8) is 0 Å². The highest BCUT2D eigenvalue weighted by Crippen LogP contribution is 2.58. The van der Waals surface area contributed by atoms with Crippen molar-refractivity contribution >= 4 is 48.6 Å². The highest BCUT2D eigenvalue weighted by Gasteiger charge is 2.46. The summed E-state index contributed by atoms with van der Waals surface area (Å²) in [5.41, 5.74) is 15.3. The molecule has 0 N–H and O–H groups in total. The van der Waals surface area contributed by atoms with Gasteiger partial charge in [0.15, 0.2) is 0 Å². The van der Waals surface area contributed by atoms with Gasteiger partial charge in [-0.05, 0) is 86.5 Å². The summed E-state index contributed by atoms with van der Waals surface area (Å²) >= 11 is 1.87. The Morgan fingerprint density at radius 1 is 0.351 bits per heavy atom. The molecule has 57 heavy (non-hydrogen) atoms. The monoisotopic (exact) mass is 743 g/mol. The molecular formula is C55H37NS.